The van der Waals surface area contributed by atoms with Gasteiger partial charge in [-0.05, 0) is 49.2 Å². The molecule has 0 saturated heterocycles. The zero-order valence-corrected chi connectivity index (χ0v) is 21.9. The van der Waals surface area contributed by atoms with Crippen LogP contribution >= 0.6 is 0 Å². The maximum atomic E-state index is 12.6. The van der Waals surface area contributed by atoms with Crippen LogP contribution in [0.25, 0.3) is 0 Å². The summed E-state index contributed by atoms with van der Waals surface area (Å²) in [6, 6.07) is 26.0. The molecule has 0 spiro atoms. The molecule has 0 saturated carbocycles. The number of aryl methyl sites for hydroxylation is 2. The lowest BCUT2D eigenvalue weighted by atomic mass is 10.1. The van der Waals surface area contributed by atoms with Crippen molar-refractivity contribution in [3.63, 3.8) is 0 Å². The van der Waals surface area contributed by atoms with Crippen molar-refractivity contribution in [2.24, 2.45) is 0 Å². The van der Waals surface area contributed by atoms with Gasteiger partial charge in [-0.15, -0.1) is 0 Å². The third-order valence-electron chi connectivity index (χ3n) is 5.25. The van der Waals surface area contributed by atoms with E-state index in [0.717, 1.165) is 5.75 Å². The number of rotatable bonds is 5. The largest absolute Gasteiger partial charge is 0.744 e. The normalized spacial score (nSPS) is 11.2. The lowest BCUT2D eigenvalue weighted by Gasteiger charge is -2.12. The van der Waals surface area contributed by atoms with E-state index in [4.69, 9.17) is 4.74 Å². The van der Waals surface area contributed by atoms with E-state index in [1.165, 1.54) is 25.8 Å². The summed E-state index contributed by atoms with van der Waals surface area (Å²) < 4.78 is 98.4. The van der Waals surface area contributed by atoms with E-state index in [-0.39, 0.29) is 10.9 Å². The van der Waals surface area contributed by atoms with Crippen molar-refractivity contribution in [2.45, 2.75) is 33.4 Å². The minimum Gasteiger partial charge on any atom is -0.744 e. The predicted molar refractivity (Wildman–Crippen MR) is 132 cm³/mol. The molecular weight excluding hydrogens is 547 g/mol. The highest BCUT2D eigenvalue weighted by molar-refractivity contribution is 7.97. The summed E-state index contributed by atoms with van der Waals surface area (Å²) in [4.78, 5) is 1.63. The molecule has 0 fully saturated rings. The van der Waals surface area contributed by atoms with E-state index in [1.54, 1.807) is 7.11 Å². The van der Waals surface area contributed by atoms with Crippen LogP contribution in [0.5, 0.6) is 5.75 Å². The van der Waals surface area contributed by atoms with E-state index in [9.17, 15) is 34.9 Å². The topological polar surface area (TPSA) is 66.4 Å². The fourth-order valence-electron chi connectivity index (χ4n) is 3.68. The zero-order chi connectivity index (χ0) is 28.2. The van der Waals surface area contributed by atoms with Crippen molar-refractivity contribution in [3.8, 4) is 5.75 Å². The summed E-state index contributed by atoms with van der Waals surface area (Å²) in [5.74, 6) is -11.8. The predicted octanol–water partition coefficient (Wildman–Crippen LogP) is 6.69. The standard InChI is InChI=1S/C21H21OS.C6HF5O3S/c1-16-14-20(15-17(2)21(16)22-3)23(18-10-6-4-7-11-18)19-12-8-5-9-13-19;7-1-2(8)4(10)6(15(12,13)14)5(11)3(1)9/h4-15H,1-3H3;(H,12,13,14)/q+1;/p-1. The van der Waals surface area contributed by atoms with Crippen LogP contribution in [0.4, 0.5) is 22.0 Å². The second-order valence-electron chi connectivity index (χ2n) is 7.88. The second-order valence-corrected chi connectivity index (χ2v) is 11.2. The van der Waals surface area contributed by atoms with Gasteiger partial charge in [0.15, 0.2) is 38.0 Å². The van der Waals surface area contributed by atoms with Gasteiger partial charge in [0.05, 0.1) is 18.0 Å². The maximum absolute atomic E-state index is 12.6. The molecule has 11 heteroatoms. The van der Waals surface area contributed by atoms with Gasteiger partial charge >= 0.3 is 0 Å². The third kappa shape index (κ3) is 6.17. The molecule has 0 atom stereocenters. The molecule has 0 radical (unpaired) electrons. The average molecular weight is 569 g/mol. The summed E-state index contributed by atoms with van der Waals surface area (Å²) in [5, 5.41) is 0. The maximum Gasteiger partial charge on any atom is 0.200 e. The van der Waals surface area contributed by atoms with Gasteiger partial charge in [0, 0.05) is 12.1 Å². The van der Waals surface area contributed by atoms with Crippen LogP contribution in [0.15, 0.2) is 92.4 Å². The van der Waals surface area contributed by atoms with E-state index in [1.807, 2.05) is 0 Å². The molecule has 4 aromatic rings. The molecule has 0 aliphatic heterocycles. The molecule has 0 aromatic heterocycles. The Hall–Kier alpha value is -3.41. The van der Waals surface area contributed by atoms with E-state index in [2.05, 4.69) is 86.6 Å². The van der Waals surface area contributed by atoms with Crippen LogP contribution in [0.1, 0.15) is 11.1 Å². The molecule has 4 aromatic carbocycles. The van der Waals surface area contributed by atoms with Crippen LogP contribution in [0.2, 0.25) is 0 Å². The fraction of sp³-hybridized carbons (Fsp3) is 0.111. The molecule has 4 nitrogen and oxygen atoms in total. The second kappa shape index (κ2) is 12.0. The van der Waals surface area contributed by atoms with Crippen molar-refractivity contribution >= 4 is 21.0 Å². The monoisotopic (exact) mass is 568 g/mol. The van der Waals surface area contributed by atoms with Gasteiger partial charge in [-0.3, -0.25) is 0 Å². The Labute approximate surface area is 219 Å². The number of benzene rings is 4. The van der Waals surface area contributed by atoms with Gasteiger partial charge in [0.2, 0.25) is 5.82 Å². The molecule has 4 rings (SSSR count). The number of hydrogen-bond acceptors (Lipinski definition) is 4. The Morgan fingerprint density at radius 1 is 0.658 bits per heavy atom. The number of halogens is 5. The van der Waals surface area contributed by atoms with Crippen LogP contribution in [-0.2, 0) is 21.0 Å². The highest BCUT2D eigenvalue weighted by Gasteiger charge is 2.30. The summed E-state index contributed by atoms with van der Waals surface area (Å²) in [7, 11) is -4.13. The van der Waals surface area contributed by atoms with E-state index in [0.29, 0.717) is 0 Å². The highest BCUT2D eigenvalue weighted by Crippen LogP contribution is 2.35. The summed E-state index contributed by atoms with van der Waals surface area (Å²) in [6.45, 7) is 4.24. The Balaban J connectivity index is 0.000000232. The molecule has 0 N–H and O–H groups in total. The zero-order valence-electron chi connectivity index (χ0n) is 20.3. The van der Waals surface area contributed by atoms with Crippen molar-refractivity contribution in [3.05, 3.63) is 113 Å². The lowest BCUT2D eigenvalue weighted by Crippen LogP contribution is -2.12. The SMILES string of the molecule is COc1c(C)cc([S+](c2ccccc2)c2ccccc2)cc1C.O=S(=O)([O-])c1c(F)c(F)c(F)c(F)c1F. The molecule has 200 valence electrons. The summed E-state index contributed by atoms with van der Waals surface area (Å²) in [6.07, 6.45) is 0. The first-order chi connectivity index (χ1) is 17.9. The first-order valence-electron chi connectivity index (χ1n) is 10.8. The third-order valence-corrected chi connectivity index (χ3v) is 8.30. The van der Waals surface area contributed by atoms with Gasteiger partial charge < -0.3 is 9.29 Å². The van der Waals surface area contributed by atoms with E-state index >= 15 is 0 Å². The first kappa shape index (κ1) is 29.2. The molecule has 0 heterocycles. The van der Waals surface area contributed by atoms with Crippen molar-refractivity contribution < 1.29 is 39.7 Å². The van der Waals surface area contributed by atoms with Crippen molar-refractivity contribution in [1.82, 2.24) is 0 Å². The van der Waals surface area contributed by atoms with Crippen LogP contribution in [0, 0.1) is 42.9 Å². The number of hydrogen-bond donors (Lipinski definition) is 0. The molecule has 0 bridgehead atoms. The van der Waals surface area contributed by atoms with Crippen LogP contribution in [-0.4, -0.2) is 20.1 Å². The van der Waals surface area contributed by atoms with Gasteiger partial charge in [-0.1, -0.05) is 36.4 Å². The van der Waals surface area contributed by atoms with Gasteiger partial charge in [-0.2, -0.15) is 0 Å². The molecule has 38 heavy (non-hydrogen) atoms. The van der Waals surface area contributed by atoms with Crippen molar-refractivity contribution in [1.29, 1.82) is 0 Å². The van der Waals surface area contributed by atoms with E-state index < -0.39 is 44.1 Å². The Morgan fingerprint density at radius 2 is 1.03 bits per heavy atom. The average Bonchev–Trinajstić information content (AvgIpc) is 2.87. The van der Waals surface area contributed by atoms with Crippen LogP contribution in [0.3, 0.4) is 0 Å². The quantitative estimate of drug-likeness (QED) is 0.0885. The van der Waals surface area contributed by atoms with Gasteiger partial charge in [0.25, 0.3) is 0 Å². The Bertz CT molecular complexity index is 1460. The first-order valence-corrected chi connectivity index (χ1v) is 13.5. The molecule has 0 aliphatic carbocycles. The van der Waals surface area contributed by atoms with Gasteiger partial charge in [-0.25, -0.2) is 30.4 Å². The van der Waals surface area contributed by atoms with Crippen molar-refractivity contribution in [2.75, 3.05) is 7.11 Å². The minimum atomic E-state index is -5.77. The Morgan fingerprint density at radius 3 is 1.37 bits per heavy atom. The minimum absolute atomic E-state index is 0.101. The molecule has 0 unspecified atom stereocenters. The van der Waals surface area contributed by atoms with Crippen LogP contribution < -0.4 is 4.74 Å². The fourth-order valence-corrected chi connectivity index (χ4v) is 6.56. The smallest absolute Gasteiger partial charge is 0.200 e. The molecule has 0 aliphatic rings. The molecular formula is C27H21F5O4S2. The van der Waals surface area contributed by atoms with Gasteiger partial charge in [0.1, 0.15) is 20.8 Å². The number of methoxy groups -OCH3 is 1. The summed E-state index contributed by atoms with van der Waals surface area (Å²) >= 11 is 0. The Kier molecular flexibility index (Phi) is 9.18. The lowest BCUT2D eigenvalue weighted by molar-refractivity contribution is 0.350. The highest BCUT2D eigenvalue weighted by atomic mass is 32.2. The number of ether oxygens (including phenoxy) is 1. The molecule has 0 amide bonds. The summed E-state index contributed by atoms with van der Waals surface area (Å²) in [5.41, 5.74) is 2.37.